The molecule has 2 N–H and O–H groups in total. The maximum atomic E-state index is 11.8. The Hall–Kier alpha value is -3.25. The van der Waals surface area contributed by atoms with E-state index in [0.29, 0.717) is 22.6 Å². The van der Waals surface area contributed by atoms with E-state index < -0.39 is 5.78 Å². The van der Waals surface area contributed by atoms with Crippen molar-refractivity contribution in [3.63, 3.8) is 0 Å². The molecule has 0 aliphatic heterocycles. The van der Waals surface area contributed by atoms with Crippen molar-refractivity contribution < 1.29 is 24.5 Å². The molecule has 5 heteroatoms. The Balaban J connectivity index is 1.93. The molecule has 0 heterocycles. The summed E-state index contributed by atoms with van der Waals surface area (Å²) in [6.45, 7) is 0.363. The predicted molar refractivity (Wildman–Crippen MR) is 96.8 cm³/mol. The van der Waals surface area contributed by atoms with Gasteiger partial charge in [-0.05, 0) is 60.4 Å². The quantitative estimate of drug-likeness (QED) is 0.771. The SMILES string of the molecule is O=C(C#Cc1ccc(OCCO)cc1)C#Cc1ccc(OCCO)cc1. The monoisotopic (exact) mass is 350 g/mol. The van der Waals surface area contributed by atoms with Gasteiger partial charge in [0.05, 0.1) is 13.2 Å². The summed E-state index contributed by atoms with van der Waals surface area (Å²) in [5, 5.41) is 17.4. The minimum absolute atomic E-state index is 0.0485. The molecule has 0 spiro atoms. The molecule has 0 atom stereocenters. The first-order valence-corrected chi connectivity index (χ1v) is 7.96. The highest BCUT2D eigenvalue weighted by Gasteiger charge is 1.95. The fraction of sp³-hybridized carbons (Fsp3) is 0.190. The van der Waals surface area contributed by atoms with Crippen LogP contribution in [0.15, 0.2) is 48.5 Å². The van der Waals surface area contributed by atoms with Crippen molar-refractivity contribution in [2.75, 3.05) is 26.4 Å². The van der Waals surface area contributed by atoms with Crippen LogP contribution in [-0.2, 0) is 4.79 Å². The van der Waals surface area contributed by atoms with Crippen LogP contribution in [0.1, 0.15) is 11.1 Å². The molecule has 0 fully saturated rings. The number of hydrogen-bond donors (Lipinski definition) is 2. The lowest BCUT2D eigenvalue weighted by Crippen LogP contribution is -2.01. The highest BCUT2D eigenvalue weighted by Crippen LogP contribution is 2.12. The van der Waals surface area contributed by atoms with Gasteiger partial charge in [0.2, 0.25) is 0 Å². The van der Waals surface area contributed by atoms with E-state index in [1.165, 1.54) is 0 Å². The second-order valence-corrected chi connectivity index (χ2v) is 5.02. The molecule has 0 aliphatic rings. The van der Waals surface area contributed by atoms with E-state index in [1.54, 1.807) is 48.5 Å². The van der Waals surface area contributed by atoms with E-state index in [-0.39, 0.29) is 26.4 Å². The van der Waals surface area contributed by atoms with Crippen molar-refractivity contribution in [3.8, 4) is 35.2 Å². The molecule has 0 aliphatic carbocycles. The van der Waals surface area contributed by atoms with E-state index in [2.05, 4.69) is 23.7 Å². The Kier molecular flexibility index (Phi) is 7.76. The molecule has 0 amide bonds. The maximum absolute atomic E-state index is 11.8. The van der Waals surface area contributed by atoms with Gasteiger partial charge in [-0.2, -0.15) is 0 Å². The third-order valence-electron chi connectivity index (χ3n) is 3.07. The first-order valence-electron chi connectivity index (χ1n) is 7.96. The number of hydrogen-bond acceptors (Lipinski definition) is 5. The van der Waals surface area contributed by atoms with Gasteiger partial charge in [0.25, 0.3) is 5.78 Å². The van der Waals surface area contributed by atoms with E-state index in [9.17, 15) is 4.79 Å². The molecule has 0 bridgehead atoms. The average Bonchev–Trinajstić information content (AvgIpc) is 2.69. The van der Waals surface area contributed by atoms with Gasteiger partial charge in [-0.3, -0.25) is 4.79 Å². The summed E-state index contributed by atoms with van der Waals surface area (Å²) in [6.07, 6.45) is 0. The molecule has 0 saturated carbocycles. The number of aliphatic hydroxyl groups is 2. The standard InChI is InChI=1S/C21H18O5/c22-13-15-25-20-9-3-17(4-10-20)1-7-19(24)8-2-18-5-11-21(12-6-18)26-16-14-23/h3-6,9-12,22-23H,13-16H2. The molecule has 0 radical (unpaired) electrons. The van der Waals surface area contributed by atoms with Gasteiger partial charge in [0.15, 0.2) is 0 Å². The van der Waals surface area contributed by atoms with Crippen LogP contribution in [0.2, 0.25) is 0 Å². The third kappa shape index (κ3) is 6.70. The van der Waals surface area contributed by atoms with Crippen molar-refractivity contribution in [2.45, 2.75) is 0 Å². The van der Waals surface area contributed by atoms with Gasteiger partial charge in [-0.25, -0.2) is 0 Å². The Morgan fingerprint density at radius 1 is 0.731 bits per heavy atom. The molecule has 0 aromatic heterocycles. The molecular weight excluding hydrogens is 332 g/mol. The first kappa shape index (κ1) is 19.1. The lowest BCUT2D eigenvalue weighted by Gasteiger charge is -2.02. The van der Waals surface area contributed by atoms with Gasteiger partial charge in [0, 0.05) is 11.1 Å². The van der Waals surface area contributed by atoms with Crippen LogP contribution in [0.5, 0.6) is 11.5 Å². The van der Waals surface area contributed by atoms with Gasteiger partial charge < -0.3 is 19.7 Å². The van der Waals surface area contributed by atoms with Gasteiger partial charge in [-0.15, -0.1) is 0 Å². The van der Waals surface area contributed by atoms with Crippen LogP contribution < -0.4 is 9.47 Å². The number of benzene rings is 2. The highest BCUT2D eigenvalue weighted by atomic mass is 16.5. The Morgan fingerprint density at radius 3 is 1.46 bits per heavy atom. The van der Waals surface area contributed by atoms with Crippen molar-refractivity contribution in [3.05, 3.63) is 59.7 Å². The number of ketones is 1. The summed E-state index contributed by atoms with van der Waals surface area (Å²) in [6, 6.07) is 13.8. The number of carbonyl (C=O) groups excluding carboxylic acids is 1. The van der Waals surface area contributed by atoms with Crippen molar-refractivity contribution in [1.82, 2.24) is 0 Å². The molecule has 2 aromatic rings. The minimum atomic E-state index is -0.480. The van der Waals surface area contributed by atoms with Crippen molar-refractivity contribution in [2.24, 2.45) is 0 Å². The van der Waals surface area contributed by atoms with E-state index in [4.69, 9.17) is 19.7 Å². The minimum Gasteiger partial charge on any atom is -0.491 e. The zero-order chi connectivity index (χ0) is 18.6. The average molecular weight is 350 g/mol. The zero-order valence-electron chi connectivity index (χ0n) is 14.1. The molecule has 26 heavy (non-hydrogen) atoms. The number of rotatable bonds is 6. The Morgan fingerprint density at radius 2 is 1.12 bits per heavy atom. The van der Waals surface area contributed by atoms with Gasteiger partial charge in [0.1, 0.15) is 24.7 Å². The van der Waals surface area contributed by atoms with Crippen LogP contribution in [0.3, 0.4) is 0 Å². The molecule has 2 aromatic carbocycles. The lowest BCUT2D eigenvalue weighted by molar-refractivity contribution is -0.108. The van der Waals surface area contributed by atoms with Crippen LogP contribution in [0, 0.1) is 23.7 Å². The third-order valence-corrected chi connectivity index (χ3v) is 3.07. The normalized spacial score (nSPS) is 9.31. The fourth-order valence-electron chi connectivity index (χ4n) is 1.89. The van der Waals surface area contributed by atoms with Gasteiger partial charge >= 0.3 is 0 Å². The van der Waals surface area contributed by atoms with E-state index in [0.717, 1.165) is 0 Å². The zero-order valence-corrected chi connectivity index (χ0v) is 14.1. The summed E-state index contributed by atoms with van der Waals surface area (Å²) < 4.78 is 10.5. The molecule has 2 rings (SSSR count). The highest BCUT2D eigenvalue weighted by molar-refractivity contribution is 6.09. The maximum Gasteiger partial charge on any atom is 0.279 e. The van der Waals surface area contributed by atoms with Crippen LogP contribution >= 0.6 is 0 Å². The van der Waals surface area contributed by atoms with Crippen LogP contribution in [0.25, 0.3) is 0 Å². The van der Waals surface area contributed by atoms with Crippen LogP contribution in [-0.4, -0.2) is 42.4 Å². The largest absolute Gasteiger partial charge is 0.491 e. The Labute approximate surface area is 152 Å². The smallest absolute Gasteiger partial charge is 0.279 e. The summed E-state index contributed by atoms with van der Waals surface area (Å²) in [5.41, 5.74) is 1.34. The predicted octanol–water partition coefficient (Wildman–Crippen LogP) is 1.40. The summed E-state index contributed by atoms with van der Waals surface area (Å²) >= 11 is 0. The van der Waals surface area contributed by atoms with Crippen molar-refractivity contribution in [1.29, 1.82) is 0 Å². The van der Waals surface area contributed by atoms with Crippen LogP contribution in [0.4, 0.5) is 0 Å². The molecule has 0 saturated heterocycles. The molecular formula is C21H18O5. The summed E-state index contributed by atoms with van der Waals surface area (Å²) in [7, 11) is 0. The summed E-state index contributed by atoms with van der Waals surface area (Å²) in [4.78, 5) is 11.8. The summed E-state index contributed by atoms with van der Waals surface area (Å²) in [5.74, 6) is 11.2. The first-order chi connectivity index (χ1) is 12.7. The number of aliphatic hydroxyl groups excluding tert-OH is 2. The van der Waals surface area contributed by atoms with Gasteiger partial charge in [-0.1, -0.05) is 11.8 Å². The molecule has 132 valence electrons. The lowest BCUT2D eigenvalue weighted by atomic mass is 10.2. The molecule has 5 nitrogen and oxygen atoms in total. The number of carbonyl (C=O) groups is 1. The van der Waals surface area contributed by atoms with Crippen molar-refractivity contribution >= 4 is 5.78 Å². The second kappa shape index (κ2) is 10.6. The molecule has 0 unspecified atom stereocenters. The second-order valence-electron chi connectivity index (χ2n) is 5.02. The number of Topliss-reactive ketones (excluding diaryl/α,β-unsaturated/α-hetero) is 1. The van der Waals surface area contributed by atoms with E-state index in [1.807, 2.05) is 0 Å². The number of ether oxygens (including phenoxy) is 2. The van der Waals surface area contributed by atoms with E-state index >= 15 is 0 Å². The fourth-order valence-corrected chi connectivity index (χ4v) is 1.89. The Bertz CT molecular complexity index is 759. The topological polar surface area (TPSA) is 76.0 Å².